The van der Waals surface area contributed by atoms with E-state index >= 15 is 0 Å². The average molecular weight is 304 g/mol. The van der Waals surface area contributed by atoms with E-state index in [9.17, 15) is 10.1 Å². The number of thioether (sulfide) groups is 1. The van der Waals surface area contributed by atoms with Gasteiger partial charge in [-0.25, -0.2) is 0 Å². The zero-order valence-electron chi connectivity index (χ0n) is 11.8. The van der Waals surface area contributed by atoms with Crippen LogP contribution in [0.25, 0.3) is 0 Å². The molecule has 0 aliphatic carbocycles. The molecule has 0 amide bonds. The highest BCUT2D eigenvalue weighted by atomic mass is 32.2. The third-order valence-corrected chi connectivity index (χ3v) is 3.80. The molecule has 5 nitrogen and oxygen atoms in total. The second kappa shape index (κ2) is 6.99. The van der Waals surface area contributed by atoms with Crippen molar-refractivity contribution in [1.82, 2.24) is 0 Å². The second-order valence-corrected chi connectivity index (χ2v) is 5.14. The summed E-state index contributed by atoms with van der Waals surface area (Å²) in [5, 5.41) is 13.9. The predicted octanol–water partition coefficient (Wildman–Crippen LogP) is 3.94. The van der Waals surface area contributed by atoms with Crippen molar-refractivity contribution in [2.75, 3.05) is 18.6 Å². The van der Waals surface area contributed by atoms with E-state index in [-0.39, 0.29) is 12.3 Å². The Morgan fingerprint density at radius 1 is 1.29 bits per heavy atom. The summed E-state index contributed by atoms with van der Waals surface area (Å²) in [6.45, 7) is 0.273. The van der Waals surface area contributed by atoms with E-state index in [0.29, 0.717) is 0 Å². The summed E-state index contributed by atoms with van der Waals surface area (Å²) >= 11 is 1.60. The van der Waals surface area contributed by atoms with Crippen LogP contribution in [0, 0.1) is 10.1 Å². The number of hydrogen-bond acceptors (Lipinski definition) is 5. The Morgan fingerprint density at radius 3 is 2.71 bits per heavy atom. The highest BCUT2D eigenvalue weighted by Gasteiger charge is 2.11. The van der Waals surface area contributed by atoms with Crippen molar-refractivity contribution < 1.29 is 9.66 Å². The molecule has 2 aromatic carbocycles. The van der Waals surface area contributed by atoms with E-state index in [1.807, 2.05) is 30.5 Å². The molecule has 110 valence electrons. The van der Waals surface area contributed by atoms with Crippen LogP contribution >= 0.6 is 11.8 Å². The van der Waals surface area contributed by atoms with E-state index in [4.69, 9.17) is 4.74 Å². The van der Waals surface area contributed by atoms with Gasteiger partial charge in [0.25, 0.3) is 5.69 Å². The number of para-hydroxylation sites is 1. The summed E-state index contributed by atoms with van der Waals surface area (Å²) in [4.78, 5) is 11.5. The number of ether oxygens (including phenoxy) is 1. The Kier molecular flexibility index (Phi) is 5.05. The van der Waals surface area contributed by atoms with Crippen LogP contribution in [0.4, 0.5) is 11.4 Å². The molecule has 0 fully saturated rings. The molecule has 6 heteroatoms. The first kappa shape index (κ1) is 15.2. The van der Waals surface area contributed by atoms with Gasteiger partial charge in [-0.2, -0.15) is 0 Å². The van der Waals surface area contributed by atoms with Gasteiger partial charge in [-0.3, -0.25) is 10.1 Å². The quantitative estimate of drug-likeness (QED) is 0.497. The van der Waals surface area contributed by atoms with Crippen LogP contribution in [0.15, 0.2) is 47.4 Å². The number of anilines is 1. The van der Waals surface area contributed by atoms with Gasteiger partial charge in [0.05, 0.1) is 4.92 Å². The molecule has 0 saturated heterocycles. The summed E-state index contributed by atoms with van der Waals surface area (Å²) in [7, 11) is 1.78. The van der Waals surface area contributed by atoms with Crippen LogP contribution in [0.2, 0.25) is 0 Å². The maximum absolute atomic E-state index is 10.9. The van der Waals surface area contributed by atoms with Crippen molar-refractivity contribution in [3.05, 3.63) is 58.1 Å². The number of benzene rings is 2. The van der Waals surface area contributed by atoms with Gasteiger partial charge in [-0.05, 0) is 24.5 Å². The predicted molar refractivity (Wildman–Crippen MR) is 85.2 cm³/mol. The SMILES string of the molecule is CNc1ccc([N+](=O)[O-])cc1COc1ccccc1SC. The van der Waals surface area contributed by atoms with Crippen molar-refractivity contribution in [2.45, 2.75) is 11.5 Å². The molecule has 0 aliphatic rings. The van der Waals surface area contributed by atoms with Crippen LogP contribution in [0.3, 0.4) is 0 Å². The summed E-state index contributed by atoms with van der Waals surface area (Å²) in [6, 6.07) is 12.4. The largest absolute Gasteiger partial charge is 0.488 e. The van der Waals surface area contributed by atoms with Crippen molar-refractivity contribution in [3.8, 4) is 5.75 Å². The van der Waals surface area contributed by atoms with Crippen LogP contribution in [-0.2, 0) is 6.61 Å². The topological polar surface area (TPSA) is 64.4 Å². The van der Waals surface area contributed by atoms with Crippen LogP contribution in [0.1, 0.15) is 5.56 Å². The number of non-ortho nitro benzene ring substituents is 1. The van der Waals surface area contributed by atoms with E-state index in [2.05, 4.69) is 5.32 Å². The van der Waals surface area contributed by atoms with E-state index in [0.717, 1.165) is 21.9 Å². The molecular weight excluding hydrogens is 288 g/mol. The van der Waals surface area contributed by atoms with Gasteiger partial charge in [0.15, 0.2) is 0 Å². The number of nitro groups is 1. The third kappa shape index (κ3) is 3.66. The zero-order chi connectivity index (χ0) is 15.2. The molecule has 0 spiro atoms. The summed E-state index contributed by atoms with van der Waals surface area (Å²) in [6.07, 6.45) is 1.98. The molecule has 0 aromatic heterocycles. The minimum absolute atomic E-state index is 0.0609. The fraction of sp³-hybridized carbons (Fsp3) is 0.200. The third-order valence-electron chi connectivity index (χ3n) is 3.02. The minimum atomic E-state index is -0.404. The van der Waals surface area contributed by atoms with Gasteiger partial charge in [0, 0.05) is 35.3 Å². The Bertz CT molecular complexity index is 647. The van der Waals surface area contributed by atoms with E-state index < -0.39 is 4.92 Å². The smallest absolute Gasteiger partial charge is 0.269 e. The number of nitro benzene ring substituents is 1. The summed E-state index contributed by atoms with van der Waals surface area (Å²) < 4.78 is 5.81. The molecule has 0 unspecified atom stereocenters. The summed E-state index contributed by atoms with van der Waals surface area (Å²) in [5.74, 6) is 0.776. The van der Waals surface area contributed by atoms with Crippen molar-refractivity contribution >= 4 is 23.1 Å². The number of rotatable bonds is 6. The monoisotopic (exact) mass is 304 g/mol. The van der Waals surface area contributed by atoms with Gasteiger partial charge >= 0.3 is 0 Å². The lowest BCUT2D eigenvalue weighted by atomic mass is 10.1. The first-order chi connectivity index (χ1) is 10.2. The number of hydrogen-bond donors (Lipinski definition) is 1. The minimum Gasteiger partial charge on any atom is -0.488 e. The van der Waals surface area contributed by atoms with Gasteiger partial charge < -0.3 is 10.1 Å². The Balaban J connectivity index is 2.22. The lowest BCUT2D eigenvalue weighted by Gasteiger charge is -2.12. The molecule has 0 bridgehead atoms. The second-order valence-electron chi connectivity index (χ2n) is 4.29. The molecule has 0 radical (unpaired) electrons. The molecule has 21 heavy (non-hydrogen) atoms. The Labute approximate surface area is 127 Å². The van der Waals surface area contributed by atoms with E-state index in [1.165, 1.54) is 12.1 Å². The average Bonchev–Trinajstić information content (AvgIpc) is 2.52. The van der Waals surface area contributed by atoms with Crippen molar-refractivity contribution in [3.63, 3.8) is 0 Å². The highest BCUT2D eigenvalue weighted by molar-refractivity contribution is 7.98. The molecular formula is C15H16N2O3S. The molecule has 0 atom stereocenters. The van der Waals surface area contributed by atoms with E-state index in [1.54, 1.807) is 24.9 Å². The lowest BCUT2D eigenvalue weighted by molar-refractivity contribution is -0.384. The fourth-order valence-electron chi connectivity index (χ4n) is 1.95. The van der Waals surface area contributed by atoms with Crippen LogP contribution in [0.5, 0.6) is 5.75 Å². The molecule has 0 saturated carbocycles. The highest BCUT2D eigenvalue weighted by Crippen LogP contribution is 2.29. The number of nitrogens with one attached hydrogen (secondary N) is 1. The fourth-order valence-corrected chi connectivity index (χ4v) is 2.49. The normalized spacial score (nSPS) is 10.2. The maximum Gasteiger partial charge on any atom is 0.269 e. The molecule has 0 heterocycles. The molecule has 2 aromatic rings. The van der Waals surface area contributed by atoms with Crippen LogP contribution in [-0.4, -0.2) is 18.2 Å². The van der Waals surface area contributed by atoms with Gasteiger partial charge in [-0.1, -0.05) is 12.1 Å². The standard InChI is InChI=1S/C15H16N2O3S/c1-16-13-8-7-12(17(18)19)9-11(13)10-20-14-5-3-4-6-15(14)21-2/h3-9,16H,10H2,1-2H3. The first-order valence-corrected chi connectivity index (χ1v) is 7.59. The van der Waals surface area contributed by atoms with Gasteiger partial charge in [0.2, 0.25) is 0 Å². The van der Waals surface area contributed by atoms with Gasteiger partial charge in [0.1, 0.15) is 12.4 Å². The zero-order valence-corrected chi connectivity index (χ0v) is 12.6. The number of nitrogens with zero attached hydrogens (tertiary/aromatic N) is 1. The Hall–Kier alpha value is -2.21. The lowest BCUT2D eigenvalue weighted by Crippen LogP contribution is -2.02. The maximum atomic E-state index is 10.9. The molecule has 1 N–H and O–H groups in total. The first-order valence-electron chi connectivity index (χ1n) is 6.36. The molecule has 2 rings (SSSR count). The molecule has 0 aliphatic heterocycles. The Morgan fingerprint density at radius 2 is 2.05 bits per heavy atom. The van der Waals surface area contributed by atoms with Crippen molar-refractivity contribution in [1.29, 1.82) is 0 Å². The summed E-state index contributed by atoms with van der Waals surface area (Å²) in [5.41, 5.74) is 1.63. The van der Waals surface area contributed by atoms with Gasteiger partial charge in [-0.15, -0.1) is 11.8 Å². The van der Waals surface area contributed by atoms with Crippen LogP contribution < -0.4 is 10.1 Å². The van der Waals surface area contributed by atoms with Crippen molar-refractivity contribution in [2.24, 2.45) is 0 Å².